The maximum atomic E-state index is 13.1. The first kappa shape index (κ1) is 24.0. The van der Waals surface area contributed by atoms with Crippen molar-refractivity contribution in [2.75, 3.05) is 0 Å². The number of esters is 1. The zero-order chi connectivity index (χ0) is 24.3. The molecule has 7 nitrogen and oxygen atoms in total. The maximum absolute atomic E-state index is 13.1. The summed E-state index contributed by atoms with van der Waals surface area (Å²) < 4.78 is 16.4. The van der Waals surface area contributed by atoms with E-state index in [-0.39, 0.29) is 12.2 Å². The van der Waals surface area contributed by atoms with Gasteiger partial charge in [-0.25, -0.2) is 14.4 Å². The van der Waals surface area contributed by atoms with Gasteiger partial charge in [-0.2, -0.15) is 0 Å². The Morgan fingerprint density at radius 2 is 1.64 bits per heavy atom. The minimum Gasteiger partial charge on any atom is -0.444 e. The third kappa shape index (κ3) is 5.80. The number of amides is 1. The topological polar surface area (TPSA) is 94.8 Å². The van der Waals surface area contributed by atoms with Gasteiger partial charge >= 0.3 is 17.7 Å². The van der Waals surface area contributed by atoms with Crippen molar-refractivity contribution in [1.82, 2.24) is 5.32 Å². The fourth-order valence-electron chi connectivity index (χ4n) is 3.41. The molecule has 1 atom stereocenters. The molecule has 1 unspecified atom stereocenters. The predicted molar refractivity (Wildman–Crippen MR) is 126 cm³/mol. The van der Waals surface area contributed by atoms with E-state index in [2.05, 4.69) is 5.32 Å². The number of rotatable bonds is 5. The first-order valence-electron chi connectivity index (χ1n) is 10.7. The van der Waals surface area contributed by atoms with E-state index in [4.69, 9.17) is 13.9 Å². The van der Waals surface area contributed by atoms with Crippen LogP contribution in [0.4, 0.5) is 4.79 Å². The van der Waals surface area contributed by atoms with E-state index >= 15 is 0 Å². The molecule has 0 saturated heterocycles. The monoisotopic (exact) mass is 451 g/mol. The average molecular weight is 452 g/mol. The maximum Gasteiger partial charge on any atom is 0.408 e. The molecular weight excluding hydrogens is 422 g/mol. The Morgan fingerprint density at radius 3 is 2.27 bits per heavy atom. The van der Waals surface area contributed by atoms with Crippen LogP contribution in [0.15, 0.2) is 51.7 Å². The number of nitrogens with one attached hydrogen (secondary N) is 1. The van der Waals surface area contributed by atoms with Crippen molar-refractivity contribution in [3.8, 4) is 5.75 Å². The molecule has 174 valence electrons. The minimum absolute atomic E-state index is 0.221. The molecule has 1 amide bonds. The van der Waals surface area contributed by atoms with Crippen LogP contribution in [0.2, 0.25) is 0 Å². The molecule has 1 N–H and O–H groups in total. The van der Waals surface area contributed by atoms with E-state index < -0.39 is 29.3 Å². The number of benzene rings is 2. The van der Waals surface area contributed by atoms with Crippen LogP contribution < -0.4 is 15.7 Å². The first-order chi connectivity index (χ1) is 15.5. The lowest BCUT2D eigenvalue weighted by atomic mass is 10.0. The molecule has 1 heterocycles. The molecule has 3 rings (SSSR count). The van der Waals surface area contributed by atoms with Crippen LogP contribution in [-0.2, 0) is 16.0 Å². The molecule has 1 aromatic heterocycles. The summed E-state index contributed by atoms with van der Waals surface area (Å²) in [7, 11) is 0. The summed E-state index contributed by atoms with van der Waals surface area (Å²) in [6.07, 6.45) is -0.494. The molecule has 0 spiro atoms. The van der Waals surface area contributed by atoms with Crippen LogP contribution in [0.3, 0.4) is 0 Å². The second-order valence-electron chi connectivity index (χ2n) is 9.01. The fourth-order valence-corrected chi connectivity index (χ4v) is 3.41. The van der Waals surface area contributed by atoms with Crippen molar-refractivity contribution in [2.24, 2.45) is 0 Å². The highest BCUT2D eigenvalue weighted by Gasteiger charge is 2.27. The van der Waals surface area contributed by atoms with Gasteiger partial charge in [-0.1, -0.05) is 30.3 Å². The summed E-state index contributed by atoms with van der Waals surface area (Å²) in [5.41, 5.74) is 1.95. The molecule has 33 heavy (non-hydrogen) atoms. The van der Waals surface area contributed by atoms with Gasteiger partial charge in [0.05, 0.1) is 0 Å². The van der Waals surface area contributed by atoms with Gasteiger partial charge in [0.15, 0.2) is 0 Å². The lowest BCUT2D eigenvalue weighted by Gasteiger charge is -2.23. The molecule has 3 aromatic rings. The molecule has 0 fully saturated rings. The Bertz CT molecular complexity index is 1240. The first-order valence-corrected chi connectivity index (χ1v) is 10.7. The van der Waals surface area contributed by atoms with Crippen molar-refractivity contribution < 1.29 is 23.5 Å². The van der Waals surface area contributed by atoms with Gasteiger partial charge in [0.25, 0.3) is 0 Å². The third-order valence-corrected chi connectivity index (χ3v) is 5.29. The third-order valence-electron chi connectivity index (χ3n) is 5.29. The summed E-state index contributed by atoms with van der Waals surface area (Å²) in [6.45, 7) is 10.5. The highest BCUT2D eigenvalue weighted by molar-refractivity contribution is 5.88. The van der Waals surface area contributed by atoms with E-state index in [1.165, 1.54) is 0 Å². The van der Waals surface area contributed by atoms with Crippen LogP contribution >= 0.6 is 0 Å². The Morgan fingerprint density at radius 1 is 0.970 bits per heavy atom. The number of carbonyl (C=O) groups excluding carboxylic acids is 2. The van der Waals surface area contributed by atoms with E-state index in [1.54, 1.807) is 46.8 Å². The van der Waals surface area contributed by atoms with Crippen LogP contribution in [0.1, 0.15) is 43.0 Å². The number of ether oxygens (including phenoxy) is 2. The number of fused-ring (bicyclic) bond motifs is 1. The molecular formula is C26H29NO6. The summed E-state index contributed by atoms with van der Waals surface area (Å²) in [5, 5.41) is 3.39. The van der Waals surface area contributed by atoms with Crippen LogP contribution in [0.5, 0.6) is 5.75 Å². The smallest absolute Gasteiger partial charge is 0.408 e. The second kappa shape index (κ2) is 9.48. The largest absolute Gasteiger partial charge is 0.444 e. The highest BCUT2D eigenvalue weighted by atomic mass is 16.6. The van der Waals surface area contributed by atoms with Crippen molar-refractivity contribution in [1.29, 1.82) is 0 Å². The van der Waals surface area contributed by atoms with Crippen molar-refractivity contribution in [2.45, 2.75) is 59.6 Å². The van der Waals surface area contributed by atoms with Gasteiger partial charge in [0, 0.05) is 22.9 Å². The number of aryl methyl sites for hydroxylation is 2. The Kier molecular flexibility index (Phi) is 6.91. The van der Waals surface area contributed by atoms with Gasteiger partial charge in [-0.3, -0.25) is 0 Å². The Hall–Kier alpha value is -3.61. The van der Waals surface area contributed by atoms with Crippen LogP contribution in [-0.4, -0.2) is 23.7 Å². The molecule has 0 radical (unpaired) electrons. The molecule has 0 aliphatic rings. The van der Waals surface area contributed by atoms with E-state index in [0.717, 1.165) is 16.5 Å². The van der Waals surface area contributed by atoms with E-state index in [9.17, 15) is 14.4 Å². The van der Waals surface area contributed by atoms with Gasteiger partial charge in [0.2, 0.25) is 0 Å². The van der Waals surface area contributed by atoms with Crippen molar-refractivity contribution in [3.63, 3.8) is 0 Å². The molecule has 0 aliphatic heterocycles. The number of carbonyl (C=O) groups is 2. The molecule has 2 aromatic carbocycles. The van der Waals surface area contributed by atoms with Gasteiger partial charge < -0.3 is 19.2 Å². The summed E-state index contributed by atoms with van der Waals surface area (Å²) in [5.74, 6) is -0.402. The summed E-state index contributed by atoms with van der Waals surface area (Å²) in [6, 6.07) is 11.7. The zero-order valence-electron chi connectivity index (χ0n) is 19.8. The van der Waals surface area contributed by atoms with Crippen molar-refractivity contribution in [3.05, 3.63) is 75.1 Å². The lowest BCUT2D eigenvalue weighted by molar-refractivity contribution is -0.136. The number of hydrogen-bond donors (Lipinski definition) is 1. The molecule has 0 bridgehead atoms. The second-order valence-corrected chi connectivity index (χ2v) is 9.01. The van der Waals surface area contributed by atoms with Gasteiger partial charge in [-0.15, -0.1) is 0 Å². The predicted octanol–water partition coefficient (Wildman–Crippen LogP) is 4.76. The molecule has 0 saturated carbocycles. The normalized spacial score (nSPS) is 12.3. The van der Waals surface area contributed by atoms with Gasteiger partial charge in [0.1, 0.15) is 23.0 Å². The highest BCUT2D eigenvalue weighted by Crippen LogP contribution is 2.29. The van der Waals surface area contributed by atoms with E-state index in [1.807, 2.05) is 37.3 Å². The minimum atomic E-state index is -0.982. The summed E-state index contributed by atoms with van der Waals surface area (Å²) >= 11 is 0. The Balaban J connectivity index is 1.90. The number of alkyl carbamates (subject to hydrolysis) is 1. The van der Waals surface area contributed by atoms with Crippen LogP contribution in [0.25, 0.3) is 11.0 Å². The zero-order valence-corrected chi connectivity index (χ0v) is 19.8. The summed E-state index contributed by atoms with van der Waals surface area (Å²) in [4.78, 5) is 37.6. The quantitative estimate of drug-likeness (QED) is 0.341. The fraction of sp³-hybridized carbons (Fsp3) is 0.346. The molecule has 0 aliphatic carbocycles. The lowest BCUT2D eigenvalue weighted by Crippen LogP contribution is -2.46. The van der Waals surface area contributed by atoms with Crippen LogP contribution in [0, 0.1) is 20.8 Å². The SMILES string of the molecule is Cc1c(C)c2ccc(OC(=O)C(Cc3ccccc3)NC(=O)OC(C)(C)C)c(C)c2oc1=O. The number of hydrogen-bond acceptors (Lipinski definition) is 6. The van der Waals surface area contributed by atoms with Crippen molar-refractivity contribution >= 4 is 23.0 Å². The molecule has 7 heteroatoms. The van der Waals surface area contributed by atoms with Gasteiger partial charge in [-0.05, 0) is 64.8 Å². The Labute approximate surface area is 192 Å². The standard InChI is InChI=1S/C26H29NO6/c1-15-16(2)23(28)32-22-17(3)21(13-12-19(15)22)31-24(29)20(14-18-10-8-7-9-11-18)27-25(30)33-26(4,5)6/h7-13,20H,14H2,1-6H3,(H,27,30). The van der Waals surface area contributed by atoms with E-state index in [0.29, 0.717) is 16.7 Å². The average Bonchev–Trinajstić information content (AvgIpc) is 2.73.